The maximum atomic E-state index is 13.8. The van der Waals surface area contributed by atoms with Crippen LogP contribution >= 0.6 is 34.8 Å². The van der Waals surface area contributed by atoms with Crippen LogP contribution in [0.25, 0.3) is 0 Å². The van der Waals surface area contributed by atoms with Crippen LogP contribution in [0.2, 0.25) is 0 Å². The molecule has 0 saturated heterocycles. The zero-order valence-electron chi connectivity index (χ0n) is 9.28. The van der Waals surface area contributed by atoms with Crippen molar-refractivity contribution < 1.29 is 4.39 Å². The van der Waals surface area contributed by atoms with Crippen molar-refractivity contribution in [1.29, 1.82) is 0 Å². The second-order valence-electron chi connectivity index (χ2n) is 3.69. The molecule has 2 aromatic rings. The fourth-order valence-corrected chi connectivity index (χ4v) is 1.95. The summed E-state index contributed by atoms with van der Waals surface area (Å²) < 4.78 is 14.9. The van der Waals surface area contributed by atoms with E-state index >= 15 is 0 Å². The normalized spacial score (nSPS) is 10.1. The van der Waals surface area contributed by atoms with Gasteiger partial charge >= 0.3 is 0 Å². The van der Waals surface area contributed by atoms with E-state index in [1.165, 1.54) is 6.07 Å². The maximum absolute atomic E-state index is 13.8. The molecule has 18 heavy (non-hydrogen) atoms. The van der Waals surface area contributed by atoms with Crippen molar-refractivity contribution in [3.8, 4) is 0 Å². The van der Waals surface area contributed by atoms with Crippen LogP contribution in [0.4, 0.5) is 15.8 Å². The molecule has 0 unspecified atom stereocenters. The van der Waals surface area contributed by atoms with Gasteiger partial charge in [0.1, 0.15) is 10.8 Å². The Morgan fingerprint density at radius 1 is 1.17 bits per heavy atom. The lowest BCUT2D eigenvalue weighted by atomic mass is 10.2. The Kier molecular flexibility index (Phi) is 4.13. The molecule has 0 heterocycles. The lowest BCUT2D eigenvalue weighted by Crippen LogP contribution is -2.09. The van der Waals surface area contributed by atoms with E-state index in [2.05, 4.69) is 27.9 Å². The molecule has 0 atom stereocenters. The monoisotopic (exact) mass is 372 g/mol. The Morgan fingerprint density at radius 3 is 2.39 bits per heavy atom. The molecule has 0 aliphatic carbocycles. The van der Waals surface area contributed by atoms with E-state index < -0.39 is 0 Å². The molecule has 2 nitrogen and oxygen atoms in total. The highest BCUT2D eigenvalue weighted by molar-refractivity contribution is 14.1. The van der Waals surface area contributed by atoms with Gasteiger partial charge in [-0.2, -0.15) is 0 Å². The molecule has 2 aromatic carbocycles. The molecule has 0 aromatic heterocycles. The molecule has 2 rings (SSSR count). The number of hydrogen-bond acceptors (Lipinski definition) is 2. The van der Waals surface area contributed by atoms with Crippen molar-refractivity contribution >= 4 is 51.2 Å². The van der Waals surface area contributed by atoms with Crippen molar-refractivity contribution in [2.24, 2.45) is 5.73 Å². The number of nitrogens with one attached hydrogen (secondary N) is 1. The largest absolute Gasteiger partial charge is 0.389 e. The lowest BCUT2D eigenvalue weighted by molar-refractivity contribution is 0.631. The summed E-state index contributed by atoms with van der Waals surface area (Å²) in [4.78, 5) is 0.190. The van der Waals surface area contributed by atoms with Crippen molar-refractivity contribution in [1.82, 2.24) is 0 Å². The van der Waals surface area contributed by atoms with E-state index in [1.54, 1.807) is 12.1 Å². The van der Waals surface area contributed by atoms with Gasteiger partial charge in [0.25, 0.3) is 0 Å². The molecule has 0 spiro atoms. The number of thiocarbonyl (C=S) groups is 1. The number of nitrogens with two attached hydrogens (primary N) is 1. The molecule has 0 bridgehead atoms. The first-order valence-corrected chi connectivity index (χ1v) is 6.67. The maximum Gasteiger partial charge on any atom is 0.147 e. The second-order valence-corrected chi connectivity index (χ2v) is 5.38. The van der Waals surface area contributed by atoms with Gasteiger partial charge in [-0.1, -0.05) is 12.2 Å². The third-order valence-electron chi connectivity index (χ3n) is 2.38. The van der Waals surface area contributed by atoms with Gasteiger partial charge in [0.05, 0.1) is 5.69 Å². The Hall–Kier alpha value is -1.21. The number of halogens is 2. The summed E-state index contributed by atoms with van der Waals surface area (Å²) in [5.74, 6) is -0.376. The van der Waals surface area contributed by atoms with Crippen LogP contribution in [0.1, 0.15) is 5.56 Å². The lowest BCUT2D eigenvalue weighted by Gasteiger charge is -2.08. The number of rotatable bonds is 3. The molecule has 0 amide bonds. The van der Waals surface area contributed by atoms with Crippen LogP contribution in [0, 0.1) is 9.39 Å². The Balaban J connectivity index is 2.24. The first kappa shape index (κ1) is 13.2. The molecule has 5 heteroatoms. The van der Waals surface area contributed by atoms with Crippen LogP contribution in [0.3, 0.4) is 0 Å². The van der Waals surface area contributed by atoms with E-state index in [9.17, 15) is 4.39 Å². The van der Waals surface area contributed by atoms with Gasteiger partial charge in [-0.25, -0.2) is 4.39 Å². The number of anilines is 2. The summed E-state index contributed by atoms with van der Waals surface area (Å²) in [5.41, 5.74) is 7.20. The van der Waals surface area contributed by atoms with E-state index in [0.717, 1.165) is 9.26 Å². The second kappa shape index (κ2) is 5.62. The average Bonchev–Trinajstić information content (AvgIpc) is 2.34. The quantitative estimate of drug-likeness (QED) is 0.636. The summed E-state index contributed by atoms with van der Waals surface area (Å²) in [7, 11) is 0. The zero-order chi connectivity index (χ0) is 13.1. The van der Waals surface area contributed by atoms with Crippen LogP contribution in [-0.2, 0) is 0 Å². The predicted octanol–water partition coefficient (Wildman–Crippen LogP) is 3.81. The Morgan fingerprint density at radius 2 is 1.83 bits per heavy atom. The fraction of sp³-hybridized carbons (Fsp3) is 0. The van der Waals surface area contributed by atoms with E-state index in [0.29, 0.717) is 11.3 Å². The summed E-state index contributed by atoms with van der Waals surface area (Å²) in [5, 5.41) is 3.00. The zero-order valence-corrected chi connectivity index (χ0v) is 12.3. The Labute approximate surface area is 124 Å². The standard InChI is InChI=1S/C13H10FIN2S/c14-11-7-8(13(16)18)1-6-12(11)17-10-4-2-9(15)3-5-10/h1-7,17H,(H2,16,18). The summed E-state index contributed by atoms with van der Waals surface area (Å²) in [6.07, 6.45) is 0. The molecule has 0 radical (unpaired) electrons. The van der Waals surface area contributed by atoms with E-state index in [1.807, 2.05) is 24.3 Å². The molecular weight excluding hydrogens is 362 g/mol. The van der Waals surface area contributed by atoms with Crippen LogP contribution < -0.4 is 11.1 Å². The summed E-state index contributed by atoms with van der Waals surface area (Å²) >= 11 is 7.01. The van der Waals surface area contributed by atoms with Gasteiger partial charge < -0.3 is 11.1 Å². The van der Waals surface area contributed by atoms with Gasteiger partial charge in [-0.15, -0.1) is 0 Å². The molecule has 0 saturated carbocycles. The summed E-state index contributed by atoms with van der Waals surface area (Å²) in [6.45, 7) is 0. The minimum Gasteiger partial charge on any atom is -0.389 e. The van der Waals surface area contributed by atoms with Gasteiger partial charge in [0.2, 0.25) is 0 Å². The molecule has 0 aliphatic heterocycles. The van der Waals surface area contributed by atoms with Gasteiger partial charge in [-0.05, 0) is 65.1 Å². The first-order chi connectivity index (χ1) is 8.56. The third kappa shape index (κ3) is 3.17. The average molecular weight is 372 g/mol. The fourth-order valence-electron chi connectivity index (χ4n) is 1.46. The van der Waals surface area contributed by atoms with Gasteiger partial charge in [-0.3, -0.25) is 0 Å². The minimum atomic E-state index is -0.376. The van der Waals surface area contributed by atoms with Crippen molar-refractivity contribution in [3.05, 3.63) is 57.4 Å². The SMILES string of the molecule is NC(=S)c1ccc(Nc2ccc(I)cc2)c(F)c1. The van der Waals surface area contributed by atoms with Crippen molar-refractivity contribution in [3.63, 3.8) is 0 Å². The molecule has 3 N–H and O–H groups in total. The van der Waals surface area contributed by atoms with Crippen molar-refractivity contribution in [2.45, 2.75) is 0 Å². The molecule has 0 aliphatic rings. The Bertz CT molecular complexity index is 584. The first-order valence-electron chi connectivity index (χ1n) is 5.18. The van der Waals surface area contributed by atoms with Crippen LogP contribution in [0.5, 0.6) is 0 Å². The highest BCUT2D eigenvalue weighted by atomic mass is 127. The molecule has 0 fully saturated rings. The molecular formula is C13H10FIN2S. The summed E-state index contributed by atoms with van der Waals surface area (Å²) in [6, 6.07) is 12.3. The predicted molar refractivity (Wildman–Crippen MR) is 84.7 cm³/mol. The van der Waals surface area contributed by atoms with Crippen LogP contribution in [-0.4, -0.2) is 4.99 Å². The minimum absolute atomic E-state index is 0.190. The van der Waals surface area contributed by atoms with E-state index in [-0.39, 0.29) is 10.8 Å². The van der Waals surface area contributed by atoms with Gasteiger partial charge in [0, 0.05) is 14.8 Å². The highest BCUT2D eigenvalue weighted by Gasteiger charge is 2.05. The topological polar surface area (TPSA) is 38.0 Å². The van der Waals surface area contributed by atoms with Crippen LogP contribution in [0.15, 0.2) is 42.5 Å². The molecule has 92 valence electrons. The highest BCUT2D eigenvalue weighted by Crippen LogP contribution is 2.21. The number of hydrogen-bond donors (Lipinski definition) is 2. The van der Waals surface area contributed by atoms with Gasteiger partial charge in [0.15, 0.2) is 0 Å². The van der Waals surface area contributed by atoms with E-state index in [4.69, 9.17) is 18.0 Å². The number of benzene rings is 2. The third-order valence-corrected chi connectivity index (χ3v) is 3.33. The van der Waals surface area contributed by atoms with Crippen molar-refractivity contribution in [2.75, 3.05) is 5.32 Å². The smallest absolute Gasteiger partial charge is 0.147 e.